The Morgan fingerprint density at radius 2 is 1.89 bits per heavy atom. The summed E-state index contributed by atoms with van der Waals surface area (Å²) >= 11 is 6.49. The maximum Gasteiger partial charge on any atom is 0.248 e. The number of phenols is 1. The van der Waals surface area contributed by atoms with E-state index in [0.717, 1.165) is 32.0 Å². The molecule has 46 heavy (non-hydrogen) atoms. The Morgan fingerprint density at radius 1 is 1.09 bits per heavy atom. The topological polar surface area (TPSA) is 142 Å². The van der Waals surface area contributed by atoms with Crippen LogP contribution in [-0.4, -0.2) is 71.9 Å². The van der Waals surface area contributed by atoms with Crippen LogP contribution in [0.3, 0.4) is 0 Å². The molecule has 4 aromatic rings. The van der Waals surface area contributed by atoms with Crippen molar-refractivity contribution in [2.24, 2.45) is 0 Å². The van der Waals surface area contributed by atoms with Gasteiger partial charge in [-0.15, -0.1) is 0 Å². The van der Waals surface area contributed by atoms with Gasteiger partial charge in [-0.25, -0.2) is 0 Å². The van der Waals surface area contributed by atoms with Gasteiger partial charge in [0.2, 0.25) is 5.91 Å². The van der Waals surface area contributed by atoms with Crippen LogP contribution in [0.15, 0.2) is 73.1 Å². The average molecular weight is 643 g/mol. The molecule has 2 aromatic heterocycles. The number of nitrogens with zero attached hydrogens (tertiary/aromatic N) is 4. The van der Waals surface area contributed by atoms with E-state index in [-0.39, 0.29) is 29.5 Å². The number of benzene rings is 2. The number of anilines is 3. The number of morpholine rings is 1. The fraction of sp³-hybridized carbons (Fsp3) is 0.294. The number of nitriles is 1. The largest absolute Gasteiger partial charge is 0.506 e. The number of ether oxygens (including phenoxy) is 3. The molecule has 0 unspecified atom stereocenters. The summed E-state index contributed by atoms with van der Waals surface area (Å²) in [6, 6.07) is 15.9. The monoisotopic (exact) mass is 642 g/mol. The first-order valence-corrected chi connectivity index (χ1v) is 15.4. The molecule has 0 bridgehead atoms. The number of halogens is 1. The highest BCUT2D eigenvalue weighted by atomic mass is 35.5. The Balaban J connectivity index is 0.000000760. The molecule has 11 nitrogen and oxygen atoms in total. The van der Waals surface area contributed by atoms with Crippen molar-refractivity contribution in [3.05, 3.63) is 89.4 Å². The normalized spacial score (nSPS) is 14.8. The Bertz CT molecular complexity index is 1690. The second kappa shape index (κ2) is 16.5. The van der Waals surface area contributed by atoms with Gasteiger partial charge in [0.05, 0.1) is 46.4 Å². The molecule has 2 fully saturated rings. The number of hydrogen-bond acceptors (Lipinski definition) is 10. The highest BCUT2D eigenvalue weighted by molar-refractivity contribution is 6.32. The molecule has 12 heteroatoms. The van der Waals surface area contributed by atoms with Crippen LogP contribution in [0.25, 0.3) is 10.9 Å². The van der Waals surface area contributed by atoms with E-state index in [9.17, 15) is 15.2 Å². The minimum Gasteiger partial charge on any atom is -0.506 e. The van der Waals surface area contributed by atoms with E-state index >= 15 is 0 Å². The van der Waals surface area contributed by atoms with Crippen molar-refractivity contribution in [3.8, 4) is 17.6 Å². The zero-order valence-electron chi connectivity index (χ0n) is 25.2. The van der Waals surface area contributed by atoms with E-state index in [0.29, 0.717) is 52.8 Å². The third-order valence-corrected chi connectivity index (χ3v) is 7.53. The lowest BCUT2D eigenvalue weighted by Gasteiger charge is -2.25. The fourth-order valence-corrected chi connectivity index (χ4v) is 5.04. The third kappa shape index (κ3) is 9.15. The number of pyridine rings is 2. The molecule has 2 aliphatic rings. The van der Waals surface area contributed by atoms with Crippen molar-refractivity contribution in [2.75, 3.05) is 56.7 Å². The molecular weight excluding hydrogens is 608 g/mol. The number of aromatic nitrogens is 2. The summed E-state index contributed by atoms with van der Waals surface area (Å²) in [5.74, 6) is -0.0486. The predicted molar refractivity (Wildman–Crippen MR) is 177 cm³/mol. The smallest absolute Gasteiger partial charge is 0.248 e. The third-order valence-electron chi connectivity index (χ3n) is 7.23. The molecule has 2 saturated heterocycles. The van der Waals surface area contributed by atoms with Crippen LogP contribution in [0.4, 0.5) is 17.1 Å². The molecule has 6 rings (SSSR count). The number of hydrogen-bond donors (Lipinski definition) is 3. The highest BCUT2D eigenvalue weighted by Gasteiger charge is 2.15. The lowest BCUT2D eigenvalue weighted by atomic mass is 10.1. The van der Waals surface area contributed by atoms with E-state index in [1.807, 2.05) is 18.2 Å². The van der Waals surface area contributed by atoms with Gasteiger partial charge in [0.25, 0.3) is 0 Å². The van der Waals surface area contributed by atoms with E-state index in [1.54, 1.807) is 36.5 Å². The lowest BCUT2D eigenvalue weighted by molar-refractivity contribution is -0.111. The average Bonchev–Trinajstić information content (AvgIpc) is 3.67. The quantitative estimate of drug-likeness (QED) is 0.151. The van der Waals surface area contributed by atoms with Crippen molar-refractivity contribution < 1.29 is 24.1 Å². The Labute approximate surface area is 272 Å². The first kappa shape index (κ1) is 32.7. The van der Waals surface area contributed by atoms with Crippen molar-refractivity contribution in [1.29, 1.82) is 5.26 Å². The second-order valence-electron chi connectivity index (χ2n) is 10.5. The van der Waals surface area contributed by atoms with Crippen molar-refractivity contribution in [2.45, 2.75) is 19.4 Å². The standard InChI is InChI=1S/C30H27ClN6O4.C4H8O/c31-24-14-21(6-7-28(24)41-19-22-4-1-2-8-33-22)35-30-20(17-32)18-34-25-16-27(38)26(15-23(25)30)36-29(39)5-3-9-37-10-12-40-13-11-37;1-2-4-5-3-1/h1-8,14-16,18,38H,9-13,19H2,(H,34,35)(H,36,39);1-4H2/b5-3+;. The summed E-state index contributed by atoms with van der Waals surface area (Å²) in [6.45, 7) is 5.87. The minimum atomic E-state index is -0.389. The molecule has 0 radical (unpaired) electrons. The molecule has 1 amide bonds. The van der Waals surface area contributed by atoms with Gasteiger partial charge in [-0.2, -0.15) is 5.26 Å². The number of nitrogens with one attached hydrogen (secondary N) is 2. The summed E-state index contributed by atoms with van der Waals surface area (Å²) < 4.78 is 16.1. The number of amides is 1. The Hall–Kier alpha value is -4.73. The van der Waals surface area contributed by atoms with E-state index in [4.69, 9.17) is 25.8 Å². The zero-order valence-corrected chi connectivity index (χ0v) is 26.0. The van der Waals surface area contributed by atoms with Gasteiger partial charge < -0.3 is 30.0 Å². The van der Waals surface area contributed by atoms with Crippen LogP contribution in [0.2, 0.25) is 5.02 Å². The first-order chi connectivity index (χ1) is 22.5. The number of aromatic hydroxyl groups is 1. The lowest BCUT2D eigenvalue weighted by Crippen LogP contribution is -2.36. The fourth-order valence-electron chi connectivity index (χ4n) is 4.80. The molecule has 0 atom stereocenters. The van der Waals surface area contributed by atoms with E-state index in [2.05, 4.69) is 31.6 Å². The molecule has 0 spiro atoms. The summed E-state index contributed by atoms with van der Waals surface area (Å²) in [5, 5.41) is 27.2. The molecule has 4 heterocycles. The van der Waals surface area contributed by atoms with Gasteiger partial charge in [0, 0.05) is 68.5 Å². The number of rotatable bonds is 9. The van der Waals surface area contributed by atoms with Gasteiger partial charge in [0.15, 0.2) is 0 Å². The van der Waals surface area contributed by atoms with Gasteiger partial charge in [-0.05, 0) is 49.2 Å². The maximum absolute atomic E-state index is 12.6. The van der Waals surface area contributed by atoms with Crippen LogP contribution >= 0.6 is 11.6 Å². The van der Waals surface area contributed by atoms with E-state index in [1.165, 1.54) is 31.2 Å². The molecule has 0 saturated carbocycles. The predicted octanol–water partition coefficient (Wildman–Crippen LogP) is 5.81. The number of fused-ring (bicyclic) bond motifs is 1. The Morgan fingerprint density at radius 3 is 2.59 bits per heavy atom. The number of carbonyl (C=O) groups is 1. The summed E-state index contributed by atoms with van der Waals surface area (Å²) in [4.78, 5) is 23.3. The van der Waals surface area contributed by atoms with Crippen LogP contribution < -0.4 is 15.4 Å². The molecule has 2 aromatic carbocycles. The van der Waals surface area contributed by atoms with Crippen LogP contribution in [0, 0.1) is 11.3 Å². The van der Waals surface area contributed by atoms with Crippen molar-refractivity contribution in [3.63, 3.8) is 0 Å². The van der Waals surface area contributed by atoms with Gasteiger partial charge in [0.1, 0.15) is 24.2 Å². The number of phenolic OH excluding ortho intramolecular Hbond substituents is 1. The van der Waals surface area contributed by atoms with Crippen LogP contribution in [-0.2, 0) is 20.9 Å². The second-order valence-corrected chi connectivity index (χ2v) is 11.0. The summed E-state index contributed by atoms with van der Waals surface area (Å²) in [5.41, 5.74) is 2.73. The molecular formula is C34H35ClN6O5. The Kier molecular flexibility index (Phi) is 11.7. The zero-order chi connectivity index (χ0) is 32.1. The summed E-state index contributed by atoms with van der Waals surface area (Å²) in [7, 11) is 0. The van der Waals surface area contributed by atoms with Gasteiger partial charge in [-0.1, -0.05) is 23.7 Å². The first-order valence-electron chi connectivity index (χ1n) is 15.0. The molecule has 2 aliphatic heterocycles. The molecule has 238 valence electrons. The van der Waals surface area contributed by atoms with Crippen molar-refractivity contribution >= 4 is 45.5 Å². The summed E-state index contributed by atoms with van der Waals surface area (Å²) in [6.07, 6.45) is 8.87. The van der Waals surface area contributed by atoms with E-state index < -0.39 is 0 Å². The van der Waals surface area contributed by atoms with Gasteiger partial charge >= 0.3 is 0 Å². The highest BCUT2D eigenvalue weighted by Crippen LogP contribution is 2.37. The molecule has 0 aliphatic carbocycles. The van der Waals surface area contributed by atoms with Crippen LogP contribution in [0.1, 0.15) is 24.1 Å². The maximum atomic E-state index is 12.6. The SMILES string of the molecule is C1CCOC1.N#Cc1cnc2cc(O)c(NC(=O)/C=C/CN3CCOCC3)cc2c1Nc1ccc(OCc2ccccn2)c(Cl)c1. The number of carbonyl (C=O) groups excluding carboxylic acids is 1. The van der Waals surface area contributed by atoms with Gasteiger partial charge in [-0.3, -0.25) is 19.7 Å². The van der Waals surface area contributed by atoms with Crippen molar-refractivity contribution in [1.82, 2.24) is 14.9 Å². The minimum absolute atomic E-state index is 0.145. The molecule has 3 N–H and O–H groups in total. The van der Waals surface area contributed by atoms with Crippen LogP contribution in [0.5, 0.6) is 11.5 Å².